The topological polar surface area (TPSA) is 30.2 Å². The molecule has 7 aromatic rings. The zero-order valence-electron chi connectivity index (χ0n) is 18.9. The maximum atomic E-state index is 5.16. The fourth-order valence-corrected chi connectivity index (χ4v) is 6.67. The van der Waals surface area contributed by atoms with Gasteiger partial charge < -0.3 is 0 Å². The molecule has 0 atom stereocenters. The maximum absolute atomic E-state index is 5.16. The second-order valence-corrected chi connectivity index (χ2v) is 9.78. The Bertz CT molecular complexity index is 2060. The van der Waals surface area contributed by atoms with Gasteiger partial charge in [0.2, 0.25) is 0 Å². The molecule has 0 aliphatic heterocycles. The van der Waals surface area contributed by atoms with E-state index in [1.54, 1.807) is 0 Å². The molecule has 0 unspecified atom stereocenters. The largest absolute Gasteiger partial charge is 0.276 e. The van der Waals surface area contributed by atoms with Gasteiger partial charge in [-0.3, -0.25) is 4.40 Å². The monoisotopic (exact) mass is 445 g/mol. The van der Waals surface area contributed by atoms with Crippen molar-refractivity contribution in [3.63, 3.8) is 0 Å². The summed E-state index contributed by atoms with van der Waals surface area (Å²) in [6, 6.07) is 30.8. The Balaban J connectivity index is 1.44. The Morgan fingerprint density at radius 1 is 0.600 bits per heavy atom. The lowest BCUT2D eigenvalue weighted by Crippen LogP contribution is -1.96. The molecule has 0 N–H and O–H groups in total. The number of nitrogens with zero attached hydrogens (tertiary/aromatic N) is 3. The third kappa shape index (κ3) is 2.12. The molecular formula is C32H19N3. The third-order valence-corrected chi connectivity index (χ3v) is 8.10. The molecule has 3 heterocycles. The standard InChI is InChI=1S/C32H19N3/c1-2-7-20-18(6-1)16-25-21(20)12-11-19-17-26-23(29(19)25)14-13-22-24-8-5-15-33-31(24)35-28-10-4-3-9-27(28)34-32(35)30(22)26/h1-15H,16-17H2. The fourth-order valence-electron chi connectivity index (χ4n) is 6.67. The number of hydrogen-bond donors (Lipinski definition) is 0. The molecule has 0 amide bonds. The summed E-state index contributed by atoms with van der Waals surface area (Å²) in [6.07, 6.45) is 3.83. The quantitative estimate of drug-likeness (QED) is 0.229. The van der Waals surface area contributed by atoms with Gasteiger partial charge in [0, 0.05) is 17.0 Å². The molecular weight excluding hydrogens is 426 g/mol. The van der Waals surface area contributed by atoms with Crippen molar-refractivity contribution in [3.05, 3.63) is 113 Å². The van der Waals surface area contributed by atoms with Crippen LogP contribution in [-0.4, -0.2) is 14.4 Å². The average Bonchev–Trinajstić information content (AvgIpc) is 3.59. The molecule has 3 heteroatoms. The minimum atomic E-state index is 0.941. The van der Waals surface area contributed by atoms with E-state index < -0.39 is 0 Å². The summed E-state index contributed by atoms with van der Waals surface area (Å²) in [4.78, 5) is 9.97. The predicted octanol–water partition coefficient (Wildman–Crippen LogP) is 7.33. The average molecular weight is 446 g/mol. The van der Waals surface area contributed by atoms with Crippen molar-refractivity contribution in [2.24, 2.45) is 0 Å². The molecule has 9 rings (SSSR count). The van der Waals surface area contributed by atoms with Gasteiger partial charge in [-0.2, -0.15) is 0 Å². The first-order chi connectivity index (χ1) is 17.4. The van der Waals surface area contributed by atoms with Gasteiger partial charge in [0.1, 0.15) is 11.3 Å². The van der Waals surface area contributed by atoms with Gasteiger partial charge in [-0.15, -0.1) is 0 Å². The van der Waals surface area contributed by atoms with Gasteiger partial charge in [0.15, 0.2) is 0 Å². The fraction of sp³-hybridized carbons (Fsp3) is 0.0625. The van der Waals surface area contributed by atoms with Gasteiger partial charge in [-0.25, -0.2) is 9.97 Å². The number of imidazole rings is 1. The lowest BCUT2D eigenvalue weighted by molar-refractivity contribution is 1.22. The van der Waals surface area contributed by atoms with Crippen LogP contribution in [0, 0.1) is 0 Å². The van der Waals surface area contributed by atoms with E-state index in [9.17, 15) is 0 Å². The van der Waals surface area contributed by atoms with Crippen molar-refractivity contribution >= 4 is 38.5 Å². The highest BCUT2D eigenvalue weighted by molar-refractivity contribution is 6.16. The third-order valence-electron chi connectivity index (χ3n) is 8.10. The van der Waals surface area contributed by atoms with Crippen LogP contribution >= 0.6 is 0 Å². The van der Waals surface area contributed by atoms with Crippen LogP contribution in [0.25, 0.3) is 60.7 Å². The first-order valence-electron chi connectivity index (χ1n) is 12.2. The van der Waals surface area contributed by atoms with Crippen LogP contribution in [0.3, 0.4) is 0 Å². The van der Waals surface area contributed by atoms with Gasteiger partial charge in [-0.05, 0) is 87.0 Å². The number of fused-ring (bicyclic) bond motifs is 16. The van der Waals surface area contributed by atoms with Crippen LogP contribution in [-0.2, 0) is 12.8 Å². The Hall–Kier alpha value is -4.50. The van der Waals surface area contributed by atoms with E-state index in [0.717, 1.165) is 35.2 Å². The van der Waals surface area contributed by atoms with Crippen molar-refractivity contribution < 1.29 is 0 Å². The second-order valence-electron chi connectivity index (χ2n) is 9.78. The molecule has 2 aliphatic carbocycles. The van der Waals surface area contributed by atoms with Gasteiger partial charge >= 0.3 is 0 Å². The summed E-state index contributed by atoms with van der Waals surface area (Å²) < 4.78 is 2.26. The smallest absolute Gasteiger partial charge is 0.147 e. The highest BCUT2D eigenvalue weighted by atomic mass is 15.1. The van der Waals surface area contributed by atoms with Gasteiger partial charge in [0.05, 0.1) is 11.0 Å². The zero-order chi connectivity index (χ0) is 22.7. The number of hydrogen-bond acceptors (Lipinski definition) is 2. The SMILES string of the molecule is c1ccc2c(c1)Cc1c-2ccc2c1-c1ccc3c4cccnc4n4c5ccccc5nc4c3c1C2. The molecule has 35 heavy (non-hydrogen) atoms. The number of pyridine rings is 2. The molecule has 0 radical (unpaired) electrons. The molecule has 0 saturated carbocycles. The van der Waals surface area contributed by atoms with Crippen LogP contribution in [0.15, 0.2) is 91.1 Å². The van der Waals surface area contributed by atoms with E-state index in [1.165, 1.54) is 60.7 Å². The van der Waals surface area contributed by atoms with E-state index in [-0.39, 0.29) is 0 Å². The number of rotatable bonds is 0. The van der Waals surface area contributed by atoms with E-state index >= 15 is 0 Å². The summed E-state index contributed by atoms with van der Waals surface area (Å²) in [7, 11) is 0. The number of benzene rings is 4. The van der Waals surface area contributed by atoms with Crippen LogP contribution in [0.2, 0.25) is 0 Å². The highest BCUT2D eigenvalue weighted by Crippen LogP contribution is 2.50. The summed E-state index contributed by atoms with van der Waals surface area (Å²) in [6.45, 7) is 0. The molecule has 162 valence electrons. The van der Waals surface area contributed by atoms with Gasteiger partial charge in [0.25, 0.3) is 0 Å². The first-order valence-corrected chi connectivity index (χ1v) is 12.2. The molecule has 3 aromatic heterocycles. The first kappa shape index (κ1) is 17.9. The Labute approximate surface area is 201 Å². The Morgan fingerprint density at radius 3 is 2.46 bits per heavy atom. The van der Waals surface area contributed by atoms with Crippen LogP contribution in [0.4, 0.5) is 0 Å². The molecule has 2 aliphatic rings. The zero-order valence-corrected chi connectivity index (χ0v) is 18.9. The van der Waals surface area contributed by atoms with E-state index in [4.69, 9.17) is 9.97 Å². The van der Waals surface area contributed by atoms with E-state index in [0.29, 0.717) is 0 Å². The summed E-state index contributed by atoms with van der Waals surface area (Å²) in [5.74, 6) is 0. The minimum absolute atomic E-state index is 0.941. The minimum Gasteiger partial charge on any atom is -0.276 e. The van der Waals surface area contributed by atoms with Crippen LogP contribution < -0.4 is 0 Å². The predicted molar refractivity (Wildman–Crippen MR) is 142 cm³/mol. The van der Waals surface area contributed by atoms with Crippen molar-refractivity contribution in [2.45, 2.75) is 12.8 Å². The van der Waals surface area contributed by atoms with Crippen molar-refractivity contribution in [1.29, 1.82) is 0 Å². The normalized spacial score (nSPS) is 13.5. The lowest BCUT2D eigenvalue weighted by atomic mass is 9.94. The molecule has 0 fully saturated rings. The number of aromatic nitrogens is 3. The Kier molecular flexibility index (Phi) is 3.14. The van der Waals surface area contributed by atoms with Crippen LogP contribution in [0.5, 0.6) is 0 Å². The molecule has 0 spiro atoms. The molecule has 3 nitrogen and oxygen atoms in total. The van der Waals surface area contributed by atoms with Gasteiger partial charge in [-0.1, -0.05) is 60.7 Å². The van der Waals surface area contributed by atoms with Crippen molar-refractivity contribution in [3.8, 4) is 22.3 Å². The van der Waals surface area contributed by atoms with E-state index in [2.05, 4.69) is 83.3 Å². The van der Waals surface area contributed by atoms with Crippen molar-refractivity contribution in [2.75, 3.05) is 0 Å². The Morgan fingerprint density at radius 2 is 1.46 bits per heavy atom. The highest BCUT2D eigenvalue weighted by Gasteiger charge is 2.30. The second kappa shape index (κ2) is 6.13. The summed E-state index contributed by atoms with van der Waals surface area (Å²) in [5, 5.41) is 3.68. The molecule has 4 aromatic carbocycles. The molecule has 0 bridgehead atoms. The summed E-state index contributed by atoms with van der Waals surface area (Å²) in [5.41, 5.74) is 15.4. The molecule has 0 saturated heterocycles. The lowest BCUT2D eigenvalue weighted by Gasteiger charge is -2.12. The summed E-state index contributed by atoms with van der Waals surface area (Å²) >= 11 is 0. The van der Waals surface area contributed by atoms with Crippen molar-refractivity contribution in [1.82, 2.24) is 14.4 Å². The van der Waals surface area contributed by atoms with E-state index in [1.807, 2.05) is 12.3 Å². The maximum Gasteiger partial charge on any atom is 0.147 e. The van der Waals surface area contributed by atoms with Crippen LogP contribution in [0.1, 0.15) is 22.3 Å². The number of para-hydroxylation sites is 2.